The van der Waals surface area contributed by atoms with E-state index in [-0.39, 0.29) is 37.7 Å². The smallest absolute Gasteiger partial charge is 0.268 e. The zero-order valence-corrected chi connectivity index (χ0v) is 14.9. The first-order valence-corrected chi connectivity index (χ1v) is 9.27. The van der Waals surface area contributed by atoms with Crippen LogP contribution in [0.5, 0.6) is 5.75 Å². The summed E-state index contributed by atoms with van der Waals surface area (Å²) >= 11 is 9.12. The number of carbonyl (C=O) groups is 1. The molecule has 2 aromatic carbocycles. The third-order valence-corrected chi connectivity index (χ3v) is 5.35. The van der Waals surface area contributed by atoms with E-state index in [9.17, 15) is 17.6 Å². The number of fused-ring (bicyclic) bond motifs is 1. The lowest BCUT2D eigenvalue weighted by Crippen LogP contribution is -2.26. The van der Waals surface area contributed by atoms with Crippen LogP contribution in [-0.4, -0.2) is 20.1 Å². The highest BCUT2D eigenvalue weighted by molar-refractivity contribution is 9.10. The van der Waals surface area contributed by atoms with Crippen molar-refractivity contribution in [2.75, 3.05) is 16.4 Å². The van der Waals surface area contributed by atoms with Crippen molar-refractivity contribution in [2.24, 2.45) is 0 Å². The molecule has 0 spiro atoms. The Morgan fingerprint density at radius 2 is 2.08 bits per heavy atom. The van der Waals surface area contributed by atoms with E-state index in [4.69, 9.17) is 22.1 Å². The molecule has 126 valence electrons. The molecule has 6 nitrogen and oxygen atoms in total. The van der Waals surface area contributed by atoms with Crippen molar-refractivity contribution in [2.45, 2.75) is 0 Å². The van der Waals surface area contributed by atoms with Gasteiger partial charge in [0.1, 0.15) is 17.3 Å². The molecular weight excluding hydrogens is 427 g/mol. The predicted molar refractivity (Wildman–Crippen MR) is 91.4 cm³/mol. The molecule has 1 aliphatic heterocycles. The fraction of sp³-hybridized carbons (Fsp3) is 0.0714. The summed E-state index contributed by atoms with van der Waals surface area (Å²) in [4.78, 5) is 12.7. The van der Waals surface area contributed by atoms with Gasteiger partial charge in [-0.05, 0) is 34.1 Å². The maximum absolute atomic E-state index is 13.4. The number of hydrogen-bond donors (Lipinski definition) is 2. The van der Waals surface area contributed by atoms with Gasteiger partial charge < -0.3 is 10.5 Å². The van der Waals surface area contributed by atoms with Crippen LogP contribution in [0.4, 0.5) is 15.8 Å². The molecule has 0 atom stereocenters. The van der Waals surface area contributed by atoms with Gasteiger partial charge in [0.05, 0.1) is 15.1 Å². The minimum atomic E-state index is -3.69. The van der Waals surface area contributed by atoms with Gasteiger partial charge in [0.15, 0.2) is 5.78 Å². The summed E-state index contributed by atoms with van der Waals surface area (Å²) in [6, 6.07) is 4.67. The maximum atomic E-state index is 13.4. The van der Waals surface area contributed by atoms with Crippen LogP contribution >= 0.6 is 27.5 Å². The van der Waals surface area contributed by atoms with Crippen molar-refractivity contribution < 1.29 is 22.3 Å². The molecule has 0 bridgehead atoms. The number of nitrogens with one attached hydrogen (secondary N) is 1. The molecule has 0 saturated heterocycles. The van der Waals surface area contributed by atoms with Crippen molar-refractivity contribution in [3.63, 3.8) is 0 Å². The fourth-order valence-electron chi connectivity index (χ4n) is 2.22. The average Bonchev–Trinajstić information content (AvgIpc) is 2.50. The second-order valence-corrected chi connectivity index (χ2v) is 7.83. The summed E-state index contributed by atoms with van der Waals surface area (Å²) in [7, 11) is -3.69. The van der Waals surface area contributed by atoms with Gasteiger partial charge in [0.2, 0.25) is 5.94 Å². The second-order valence-electron chi connectivity index (χ2n) is 4.96. The van der Waals surface area contributed by atoms with Crippen molar-refractivity contribution in [3.05, 3.63) is 50.7 Å². The summed E-state index contributed by atoms with van der Waals surface area (Å²) < 4.78 is 44.3. The van der Waals surface area contributed by atoms with E-state index >= 15 is 0 Å². The Balaban J connectivity index is 2.19. The summed E-state index contributed by atoms with van der Waals surface area (Å²) in [6.45, 7) is 0. The topological polar surface area (TPSA) is 98.5 Å². The Morgan fingerprint density at radius 3 is 2.79 bits per heavy atom. The summed E-state index contributed by atoms with van der Waals surface area (Å²) in [5, 5.41) is 0.0438. The molecule has 0 unspecified atom stereocenters. The quantitative estimate of drug-likeness (QED) is 0.558. The number of anilines is 2. The van der Waals surface area contributed by atoms with Gasteiger partial charge in [-0.1, -0.05) is 11.6 Å². The Morgan fingerprint density at radius 1 is 1.38 bits per heavy atom. The number of rotatable bonds is 2. The van der Waals surface area contributed by atoms with E-state index in [1.165, 1.54) is 12.1 Å². The van der Waals surface area contributed by atoms with Crippen molar-refractivity contribution in [3.8, 4) is 5.75 Å². The lowest BCUT2D eigenvalue weighted by Gasteiger charge is -2.22. The van der Waals surface area contributed by atoms with E-state index in [2.05, 4.69) is 20.7 Å². The van der Waals surface area contributed by atoms with Crippen LogP contribution < -0.4 is 15.2 Å². The zero-order valence-electron chi connectivity index (χ0n) is 11.8. The first-order chi connectivity index (χ1) is 11.2. The Labute approximate surface area is 149 Å². The molecule has 2 aromatic rings. The molecular formula is C14H9BrClFN2O4S. The van der Waals surface area contributed by atoms with Gasteiger partial charge in [-0.15, -0.1) is 0 Å². The van der Waals surface area contributed by atoms with E-state index in [0.717, 1.165) is 12.1 Å². The Kier molecular flexibility index (Phi) is 4.18. The molecule has 24 heavy (non-hydrogen) atoms. The number of nitrogen functional groups attached to an aromatic ring is 1. The maximum Gasteiger partial charge on any atom is 0.268 e. The van der Waals surface area contributed by atoms with Gasteiger partial charge >= 0.3 is 0 Å². The highest BCUT2D eigenvalue weighted by Gasteiger charge is 2.29. The standard InChI is InChI=1S/C14H9BrClFN2O4S/c15-12-11(14(20)7-3-6(17)1-2-8(7)16)9(18)4-10-13(12)19-24(21,22)5-23-10/h1-4,19H,5,18H2. The van der Waals surface area contributed by atoms with Gasteiger partial charge in [0.25, 0.3) is 10.0 Å². The Bertz CT molecular complexity index is 981. The number of hydrogen-bond acceptors (Lipinski definition) is 5. The largest absolute Gasteiger partial charge is 0.473 e. The zero-order chi connectivity index (χ0) is 17.6. The summed E-state index contributed by atoms with van der Waals surface area (Å²) in [6.07, 6.45) is 0. The normalized spacial score (nSPS) is 15.1. The molecule has 0 radical (unpaired) electrons. The summed E-state index contributed by atoms with van der Waals surface area (Å²) in [5.74, 6) is -1.68. The molecule has 0 aliphatic carbocycles. The van der Waals surface area contributed by atoms with Gasteiger partial charge in [-0.25, -0.2) is 12.8 Å². The third kappa shape index (κ3) is 2.94. The lowest BCUT2D eigenvalue weighted by atomic mass is 10.0. The monoisotopic (exact) mass is 434 g/mol. The van der Waals surface area contributed by atoms with E-state index in [1.807, 2.05) is 0 Å². The highest BCUT2D eigenvalue weighted by Crippen LogP contribution is 2.43. The van der Waals surface area contributed by atoms with Crippen molar-refractivity contribution in [1.29, 1.82) is 0 Å². The highest BCUT2D eigenvalue weighted by atomic mass is 79.9. The van der Waals surface area contributed by atoms with Gasteiger partial charge in [0, 0.05) is 17.3 Å². The molecule has 3 N–H and O–H groups in total. The fourth-order valence-corrected chi connectivity index (χ4v) is 4.11. The molecule has 0 aromatic heterocycles. The molecule has 3 rings (SSSR count). The molecule has 10 heteroatoms. The van der Waals surface area contributed by atoms with Crippen LogP contribution in [-0.2, 0) is 10.0 Å². The average molecular weight is 436 g/mol. The van der Waals surface area contributed by atoms with Crippen LogP contribution in [0.3, 0.4) is 0 Å². The van der Waals surface area contributed by atoms with Crippen molar-refractivity contribution >= 4 is 54.7 Å². The first-order valence-electron chi connectivity index (χ1n) is 6.44. The minimum absolute atomic E-state index is 0.0343. The molecule has 0 saturated carbocycles. The molecule has 0 fully saturated rings. The Hall–Kier alpha value is -1.84. The van der Waals surface area contributed by atoms with Crippen LogP contribution in [0.15, 0.2) is 28.7 Å². The van der Waals surface area contributed by atoms with Crippen molar-refractivity contribution in [1.82, 2.24) is 0 Å². The number of ether oxygens (including phenoxy) is 1. The van der Waals surface area contributed by atoms with Crippen LogP contribution in [0, 0.1) is 5.82 Å². The summed E-state index contributed by atoms with van der Waals surface area (Å²) in [5.41, 5.74) is 5.84. The SMILES string of the molecule is Nc1cc2c(c(Br)c1C(=O)c1cc(F)ccc1Cl)NS(=O)(=O)CO2. The van der Waals surface area contributed by atoms with E-state index in [1.54, 1.807) is 0 Å². The van der Waals surface area contributed by atoms with Crippen LogP contribution in [0.2, 0.25) is 5.02 Å². The molecule has 0 amide bonds. The van der Waals surface area contributed by atoms with Crippen LogP contribution in [0.1, 0.15) is 15.9 Å². The minimum Gasteiger partial charge on any atom is -0.473 e. The van der Waals surface area contributed by atoms with Crippen LogP contribution in [0.25, 0.3) is 0 Å². The second kappa shape index (κ2) is 5.91. The molecule has 1 aliphatic rings. The lowest BCUT2D eigenvalue weighted by molar-refractivity contribution is 0.103. The van der Waals surface area contributed by atoms with Gasteiger partial charge in [-0.2, -0.15) is 0 Å². The predicted octanol–water partition coefficient (Wildman–Crippen LogP) is 3.15. The third-order valence-electron chi connectivity index (χ3n) is 3.29. The van der Waals surface area contributed by atoms with E-state index < -0.39 is 27.6 Å². The van der Waals surface area contributed by atoms with Gasteiger partial charge in [-0.3, -0.25) is 9.52 Å². The van der Waals surface area contributed by atoms with E-state index in [0.29, 0.717) is 0 Å². The number of sulfonamides is 1. The number of halogens is 3. The number of ketones is 1. The number of carbonyl (C=O) groups excluding carboxylic acids is 1. The number of benzene rings is 2. The number of nitrogens with two attached hydrogens (primary N) is 1. The first kappa shape index (κ1) is 17.0. The molecule has 1 heterocycles.